The average Bonchev–Trinajstić information content (AvgIpc) is 3.01. The van der Waals surface area contributed by atoms with E-state index in [-0.39, 0.29) is 6.10 Å². The van der Waals surface area contributed by atoms with Gasteiger partial charge in [0.25, 0.3) is 0 Å². The van der Waals surface area contributed by atoms with Crippen molar-refractivity contribution >= 4 is 27.3 Å². The molecule has 1 saturated heterocycles. The molecule has 1 aromatic carbocycles. The molecule has 3 rings (SSSR count). The highest BCUT2D eigenvalue weighted by Crippen LogP contribution is 2.38. The van der Waals surface area contributed by atoms with Gasteiger partial charge in [0, 0.05) is 14.2 Å². The van der Waals surface area contributed by atoms with Crippen molar-refractivity contribution in [3.63, 3.8) is 0 Å². The molecule has 0 aliphatic carbocycles. The molecule has 1 unspecified atom stereocenters. The zero-order chi connectivity index (χ0) is 12.5. The maximum atomic E-state index is 5.61. The highest BCUT2D eigenvalue weighted by atomic mass is 79.9. The molecule has 0 bridgehead atoms. The van der Waals surface area contributed by atoms with Crippen LogP contribution in [0.3, 0.4) is 0 Å². The van der Waals surface area contributed by atoms with Crippen molar-refractivity contribution in [3.05, 3.63) is 45.2 Å². The Morgan fingerprint density at radius 2 is 2.17 bits per heavy atom. The van der Waals surface area contributed by atoms with Crippen molar-refractivity contribution in [1.82, 2.24) is 0 Å². The molecule has 18 heavy (non-hydrogen) atoms. The number of halogens is 1. The smallest absolute Gasteiger partial charge is 0.147 e. The lowest BCUT2D eigenvalue weighted by molar-refractivity contribution is 0.0467. The first-order valence-electron chi connectivity index (χ1n) is 5.80. The van der Waals surface area contributed by atoms with E-state index < -0.39 is 0 Å². The van der Waals surface area contributed by atoms with E-state index in [1.54, 1.807) is 11.3 Å². The fourth-order valence-corrected chi connectivity index (χ4v) is 3.69. The quantitative estimate of drug-likeness (QED) is 0.807. The molecule has 0 N–H and O–H groups in total. The van der Waals surface area contributed by atoms with Crippen molar-refractivity contribution in [2.45, 2.75) is 13.0 Å². The molecule has 1 atom stereocenters. The van der Waals surface area contributed by atoms with E-state index in [0.29, 0.717) is 13.4 Å². The predicted octanol–water partition coefficient (Wildman–Crippen LogP) is 4.53. The van der Waals surface area contributed by atoms with Crippen LogP contribution in [0.15, 0.2) is 34.8 Å². The maximum Gasteiger partial charge on any atom is 0.147 e. The second-order valence-electron chi connectivity index (χ2n) is 4.25. The largest absolute Gasteiger partial charge is 0.352 e. The number of aryl methyl sites for hydroxylation is 1. The SMILES string of the molecule is Cc1sc(-c2ccccc2C2COCO2)cc1Br. The Morgan fingerprint density at radius 1 is 1.33 bits per heavy atom. The van der Waals surface area contributed by atoms with Gasteiger partial charge in [-0.25, -0.2) is 0 Å². The minimum atomic E-state index is 0.0578. The van der Waals surface area contributed by atoms with Gasteiger partial charge in [0.2, 0.25) is 0 Å². The highest BCUT2D eigenvalue weighted by molar-refractivity contribution is 9.10. The lowest BCUT2D eigenvalue weighted by atomic mass is 10.0. The normalized spacial score (nSPS) is 19.3. The van der Waals surface area contributed by atoms with Crippen LogP contribution in [-0.2, 0) is 9.47 Å². The molecule has 0 amide bonds. The third kappa shape index (κ3) is 2.26. The van der Waals surface area contributed by atoms with Crippen LogP contribution < -0.4 is 0 Å². The zero-order valence-electron chi connectivity index (χ0n) is 9.98. The summed E-state index contributed by atoms with van der Waals surface area (Å²) in [5.74, 6) is 0. The van der Waals surface area contributed by atoms with Gasteiger partial charge in [-0.15, -0.1) is 11.3 Å². The Balaban J connectivity index is 2.05. The zero-order valence-corrected chi connectivity index (χ0v) is 12.4. The van der Waals surface area contributed by atoms with Crippen molar-refractivity contribution in [3.8, 4) is 10.4 Å². The Hall–Kier alpha value is -0.680. The van der Waals surface area contributed by atoms with Crippen LogP contribution in [0, 0.1) is 6.92 Å². The van der Waals surface area contributed by atoms with Crippen LogP contribution >= 0.6 is 27.3 Å². The lowest BCUT2D eigenvalue weighted by Crippen LogP contribution is -2.01. The standard InChI is InChI=1S/C14H13BrO2S/c1-9-12(15)6-14(18-9)11-5-3-2-4-10(11)13-7-16-8-17-13/h2-6,13H,7-8H2,1H3. The van der Waals surface area contributed by atoms with Crippen LogP contribution in [0.5, 0.6) is 0 Å². The molecule has 1 fully saturated rings. The molecule has 4 heteroatoms. The summed E-state index contributed by atoms with van der Waals surface area (Å²) in [6.45, 7) is 3.16. The van der Waals surface area contributed by atoms with Gasteiger partial charge in [-0.1, -0.05) is 24.3 Å². The van der Waals surface area contributed by atoms with Crippen LogP contribution in [0.1, 0.15) is 16.5 Å². The molecular formula is C14H13BrO2S. The lowest BCUT2D eigenvalue weighted by Gasteiger charge is -2.12. The molecule has 1 aliphatic heterocycles. The molecular weight excluding hydrogens is 312 g/mol. The average molecular weight is 325 g/mol. The minimum Gasteiger partial charge on any atom is -0.352 e. The third-order valence-electron chi connectivity index (χ3n) is 3.05. The Kier molecular flexibility index (Phi) is 3.52. The van der Waals surface area contributed by atoms with Gasteiger partial charge < -0.3 is 9.47 Å². The van der Waals surface area contributed by atoms with E-state index in [2.05, 4.69) is 53.2 Å². The second-order valence-corrected chi connectivity index (χ2v) is 6.36. The van der Waals surface area contributed by atoms with Gasteiger partial charge in [0.15, 0.2) is 0 Å². The second kappa shape index (κ2) is 5.13. The van der Waals surface area contributed by atoms with Crippen LogP contribution in [-0.4, -0.2) is 13.4 Å². The minimum absolute atomic E-state index is 0.0578. The van der Waals surface area contributed by atoms with E-state index >= 15 is 0 Å². The van der Waals surface area contributed by atoms with Crippen molar-refractivity contribution < 1.29 is 9.47 Å². The molecule has 0 radical (unpaired) electrons. The van der Waals surface area contributed by atoms with Gasteiger partial charge in [0.05, 0.1) is 6.61 Å². The fraction of sp³-hybridized carbons (Fsp3) is 0.286. The molecule has 2 nitrogen and oxygen atoms in total. The fourth-order valence-electron chi connectivity index (χ4n) is 2.11. The van der Waals surface area contributed by atoms with Crippen LogP contribution in [0.25, 0.3) is 10.4 Å². The van der Waals surface area contributed by atoms with E-state index in [9.17, 15) is 0 Å². The molecule has 2 heterocycles. The van der Waals surface area contributed by atoms with Crippen molar-refractivity contribution in [2.24, 2.45) is 0 Å². The number of rotatable bonds is 2. The topological polar surface area (TPSA) is 18.5 Å². The first kappa shape index (κ1) is 12.4. The predicted molar refractivity (Wildman–Crippen MR) is 76.8 cm³/mol. The Labute approximate surface area is 119 Å². The number of hydrogen-bond donors (Lipinski definition) is 0. The van der Waals surface area contributed by atoms with Gasteiger partial charge in [-0.3, -0.25) is 0 Å². The van der Waals surface area contributed by atoms with Crippen LogP contribution in [0.4, 0.5) is 0 Å². The summed E-state index contributed by atoms with van der Waals surface area (Å²) in [5, 5.41) is 0. The number of ether oxygens (including phenoxy) is 2. The summed E-state index contributed by atoms with van der Waals surface area (Å²) < 4.78 is 12.1. The van der Waals surface area contributed by atoms with E-state index in [1.165, 1.54) is 25.4 Å². The first-order chi connectivity index (χ1) is 8.75. The monoisotopic (exact) mass is 324 g/mol. The summed E-state index contributed by atoms with van der Waals surface area (Å²) in [4.78, 5) is 2.56. The Bertz CT molecular complexity index is 539. The Morgan fingerprint density at radius 3 is 2.83 bits per heavy atom. The number of benzene rings is 1. The third-order valence-corrected chi connectivity index (χ3v) is 5.22. The van der Waals surface area contributed by atoms with Crippen LogP contribution in [0.2, 0.25) is 0 Å². The number of hydrogen-bond acceptors (Lipinski definition) is 3. The first-order valence-corrected chi connectivity index (χ1v) is 7.41. The van der Waals surface area contributed by atoms with Gasteiger partial charge >= 0.3 is 0 Å². The molecule has 1 aromatic heterocycles. The van der Waals surface area contributed by atoms with Gasteiger partial charge in [-0.05, 0) is 40.0 Å². The van der Waals surface area contributed by atoms with Crippen molar-refractivity contribution in [1.29, 1.82) is 0 Å². The summed E-state index contributed by atoms with van der Waals surface area (Å²) in [7, 11) is 0. The van der Waals surface area contributed by atoms with Gasteiger partial charge in [0.1, 0.15) is 12.9 Å². The molecule has 1 aliphatic rings. The molecule has 0 spiro atoms. The summed E-state index contributed by atoms with van der Waals surface area (Å²) in [6.07, 6.45) is 0.0578. The van der Waals surface area contributed by atoms with E-state index in [1.807, 2.05) is 0 Å². The maximum absolute atomic E-state index is 5.61. The summed E-state index contributed by atoms with van der Waals surface area (Å²) >= 11 is 5.37. The van der Waals surface area contributed by atoms with E-state index in [4.69, 9.17) is 9.47 Å². The summed E-state index contributed by atoms with van der Waals surface area (Å²) in [5.41, 5.74) is 2.45. The van der Waals surface area contributed by atoms with E-state index in [0.717, 1.165) is 0 Å². The highest BCUT2D eigenvalue weighted by Gasteiger charge is 2.22. The number of thiophene rings is 1. The van der Waals surface area contributed by atoms with Gasteiger partial charge in [-0.2, -0.15) is 0 Å². The summed E-state index contributed by atoms with van der Waals surface area (Å²) in [6, 6.07) is 10.6. The molecule has 2 aromatic rings. The molecule has 0 saturated carbocycles. The van der Waals surface area contributed by atoms with Crippen molar-refractivity contribution in [2.75, 3.05) is 13.4 Å². The molecule has 94 valence electrons.